The number of likely N-dealkylation sites (tertiary alicyclic amines) is 1. The lowest BCUT2D eigenvalue weighted by molar-refractivity contribution is -0.383. The first kappa shape index (κ1) is 20.6. The first-order valence-corrected chi connectivity index (χ1v) is 9.51. The summed E-state index contributed by atoms with van der Waals surface area (Å²) in [5.74, 6) is 0.612. The first-order valence-electron chi connectivity index (χ1n) is 9.51. The van der Waals surface area contributed by atoms with Crippen LogP contribution in [0.4, 0.5) is 16.2 Å². The van der Waals surface area contributed by atoms with Crippen LogP contribution in [0.3, 0.4) is 0 Å². The predicted molar refractivity (Wildman–Crippen MR) is 108 cm³/mol. The third kappa shape index (κ3) is 4.67. The lowest BCUT2D eigenvalue weighted by Gasteiger charge is -2.24. The van der Waals surface area contributed by atoms with Crippen LogP contribution in [0.2, 0.25) is 0 Å². The summed E-state index contributed by atoms with van der Waals surface area (Å²) in [6, 6.07) is 4.93. The number of nitrogens with zero attached hydrogens (tertiary/aromatic N) is 3. The number of benzene rings is 1. The molecule has 0 aliphatic carbocycles. The van der Waals surface area contributed by atoms with Gasteiger partial charge in [0.25, 0.3) is 5.69 Å². The van der Waals surface area contributed by atoms with Crippen molar-refractivity contribution in [3.05, 3.63) is 39.8 Å². The number of hydrogen-bond acceptors (Lipinski definition) is 7. The Morgan fingerprint density at radius 1 is 1.38 bits per heavy atom. The number of hydrogen-bond donors (Lipinski definition) is 1. The van der Waals surface area contributed by atoms with Gasteiger partial charge in [-0.25, -0.2) is 4.79 Å². The van der Waals surface area contributed by atoms with Gasteiger partial charge in [0.15, 0.2) is 0 Å². The van der Waals surface area contributed by atoms with E-state index in [9.17, 15) is 14.9 Å². The van der Waals surface area contributed by atoms with E-state index in [-0.39, 0.29) is 17.8 Å². The van der Waals surface area contributed by atoms with E-state index in [1.807, 2.05) is 26.8 Å². The maximum absolute atomic E-state index is 12.2. The lowest BCUT2D eigenvalue weighted by atomic mass is 10.0. The van der Waals surface area contributed by atoms with Crippen molar-refractivity contribution in [3.63, 3.8) is 0 Å². The summed E-state index contributed by atoms with van der Waals surface area (Å²) in [5.41, 5.74) is 1.95. The normalized spacial score (nSPS) is 16.7. The van der Waals surface area contributed by atoms with Crippen molar-refractivity contribution in [1.29, 1.82) is 0 Å². The van der Waals surface area contributed by atoms with E-state index in [4.69, 9.17) is 9.26 Å². The van der Waals surface area contributed by atoms with Crippen LogP contribution in [-0.2, 0) is 4.74 Å². The summed E-state index contributed by atoms with van der Waals surface area (Å²) >= 11 is 0. The van der Waals surface area contributed by atoms with Crippen LogP contribution in [-0.4, -0.2) is 45.8 Å². The van der Waals surface area contributed by atoms with Crippen molar-refractivity contribution in [2.75, 3.05) is 18.4 Å². The Bertz CT molecular complexity index is 912. The van der Waals surface area contributed by atoms with E-state index in [1.165, 1.54) is 6.07 Å². The van der Waals surface area contributed by atoms with Gasteiger partial charge in [-0.3, -0.25) is 10.1 Å². The van der Waals surface area contributed by atoms with E-state index in [2.05, 4.69) is 10.5 Å². The van der Waals surface area contributed by atoms with Crippen LogP contribution in [0.15, 0.2) is 22.7 Å². The lowest BCUT2D eigenvalue weighted by Crippen LogP contribution is -2.36. The number of nitro groups is 1. The molecule has 3 rings (SSSR count). The average Bonchev–Trinajstić information content (AvgIpc) is 3.21. The number of ether oxygens (including phenoxy) is 1. The van der Waals surface area contributed by atoms with Crippen LogP contribution in [0.5, 0.6) is 0 Å². The molecule has 1 amide bonds. The fraction of sp³-hybridized carbons (Fsp3) is 0.500. The van der Waals surface area contributed by atoms with Crippen molar-refractivity contribution in [2.24, 2.45) is 0 Å². The fourth-order valence-corrected chi connectivity index (χ4v) is 3.45. The van der Waals surface area contributed by atoms with Gasteiger partial charge in [0.05, 0.1) is 10.6 Å². The monoisotopic (exact) mass is 402 g/mol. The van der Waals surface area contributed by atoms with Gasteiger partial charge in [0, 0.05) is 30.8 Å². The number of nitrogens with one attached hydrogen (secondary N) is 1. The molecule has 0 spiro atoms. The molecule has 1 fully saturated rings. The van der Waals surface area contributed by atoms with Gasteiger partial charge >= 0.3 is 6.09 Å². The van der Waals surface area contributed by atoms with Crippen molar-refractivity contribution in [1.82, 2.24) is 10.1 Å². The standard InChI is InChI=1S/C20H26N4O5/c1-12-18(13(2)29-22-12)14-6-7-16(17(10-14)24(26)27)21-15-8-9-23(11-15)19(25)28-20(3,4)5/h6-7,10,15,21H,8-9,11H2,1-5H3/t15-/m1/s1. The van der Waals surface area contributed by atoms with Gasteiger partial charge in [-0.15, -0.1) is 0 Å². The Morgan fingerprint density at radius 2 is 2.10 bits per heavy atom. The zero-order chi connectivity index (χ0) is 21.3. The van der Waals surface area contributed by atoms with Gasteiger partial charge in [-0.05, 0) is 52.7 Å². The van der Waals surface area contributed by atoms with Gasteiger partial charge in [0.1, 0.15) is 17.0 Å². The highest BCUT2D eigenvalue weighted by atomic mass is 16.6. The van der Waals surface area contributed by atoms with Gasteiger partial charge in [-0.2, -0.15) is 0 Å². The molecular weight excluding hydrogens is 376 g/mol. The van der Waals surface area contributed by atoms with E-state index in [0.717, 1.165) is 5.56 Å². The minimum Gasteiger partial charge on any atom is -0.444 e. The maximum Gasteiger partial charge on any atom is 0.410 e. The molecule has 2 heterocycles. The first-order chi connectivity index (χ1) is 13.5. The molecule has 156 valence electrons. The molecule has 0 bridgehead atoms. The summed E-state index contributed by atoms with van der Waals surface area (Å²) < 4.78 is 10.6. The minimum absolute atomic E-state index is 0.0294. The van der Waals surface area contributed by atoms with Gasteiger partial charge < -0.3 is 19.5 Å². The van der Waals surface area contributed by atoms with E-state index in [0.29, 0.717) is 42.2 Å². The highest BCUT2D eigenvalue weighted by Crippen LogP contribution is 2.34. The Hall–Kier alpha value is -3.10. The number of carbonyl (C=O) groups excluding carboxylic acids is 1. The molecule has 1 atom stereocenters. The Labute approximate surface area is 169 Å². The van der Waals surface area contributed by atoms with Crippen molar-refractivity contribution in [3.8, 4) is 11.1 Å². The van der Waals surface area contributed by atoms with Gasteiger partial charge in [-0.1, -0.05) is 11.2 Å². The molecular formula is C20H26N4O5. The van der Waals surface area contributed by atoms with Crippen molar-refractivity contribution in [2.45, 2.75) is 52.7 Å². The number of aryl methyl sites for hydroxylation is 2. The highest BCUT2D eigenvalue weighted by molar-refractivity contribution is 5.76. The Balaban J connectivity index is 1.76. The second-order valence-corrected chi connectivity index (χ2v) is 8.24. The van der Waals surface area contributed by atoms with E-state index >= 15 is 0 Å². The Morgan fingerprint density at radius 3 is 2.69 bits per heavy atom. The molecule has 1 aliphatic heterocycles. The number of aromatic nitrogens is 1. The molecule has 0 unspecified atom stereocenters. The third-order valence-electron chi connectivity index (χ3n) is 4.72. The van der Waals surface area contributed by atoms with Gasteiger partial charge in [0.2, 0.25) is 0 Å². The second-order valence-electron chi connectivity index (χ2n) is 8.24. The minimum atomic E-state index is -0.560. The molecule has 1 aliphatic rings. The number of carbonyl (C=O) groups is 1. The van der Waals surface area contributed by atoms with Crippen LogP contribution < -0.4 is 5.32 Å². The molecule has 9 nitrogen and oxygen atoms in total. The molecule has 29 heavy (non-hydrogen) atoms. The SMILES string of the molecule is Cc1noc(C)c1-c1ccc(N[C@@H]2CCN(C(=O)OC(C)(C)C)C2)c([N+](=O)[O-])c1. The third-order valence-corrected chi connectivity index (χ3v) is 4.72. The Kier molecular flexibility index (Phi) is 5.50. The summed E-state index contributed by atoms with van der Waals surface area (Å²) in [5, 5.41) is 18.8. The summed E-state index contributed by atoms with van der Waals surface area (Å²) in [6.45, 7) is 10.0. The molecule has 1 N–H and O–H groups in total. The number of nitro benzene ring substituents is 1. The molecule has 2 aromatic rings. The zero-order valence-corrected chi connectivity index (χ0v) is 17.3. The molecule has 0 radical (unpaired) electrons. The maximum atomic E-state index is 12.2. The van der Waals surface area contributed by atoms with Crippen molar-refractivity contribution < 1.29 is 19.0 Å². The molecule has 9 heteroatoms. The molecule has 1 saturated heterocycles. The van der Waals surface area contributed by atoms with E-state index in [1.54, 1.807) is 24.8 Å². The number of amides is 1. The second kappa shape index (κ2) is 7.73. The van der Waals surface area contributed by atoms with E-state index < -0.39 is 10.5 Å². The predicted octanol–water partition coefficient (Wildman–Crippen LogP) is 4.29. The topological polar surface area (TPSA) is 111 Å². The summed E-state index contributed by atoms with van der Waals surface area (Å²) in [7, 11) is 0. The molecule has 0 saturated carbocycles. The summed E-state index contributed by atoms with van der Waals surface area (Å²) in [6.07, 6.45) is 0.312. The fourth-order valence-electron chi connectivity index (χ4n) is 3.45. The van der Waals surface area contributed by atoms with Crippen molar-refractivity contribution >= 4 is 17.5 Å². The largest absolute Gasteiger partial charge is 0.444 e. The molecule has 1 aromatic carbocycles. The smallest absolute Gasteiger partial charge is 0.410 e. The van der Waals surface area contributed by atoms with Crippen LogP contribution >= 0.6 is 0 Å². The molecule has 1 aromatic heterocycles. The quantitative estimate of drug-likeness (QED) is 0.600. The average molecular weight is 402 g/mol. The van der Waals surface area contributed by atoms with Crippen LogP contribution in [0.1, 0.15) is 38.6 Å². The zero-order valence-electron chi connectivity index (χ0n) is 17.3. The highest BCUT2D eigenvalue weighted by Gasteiger charge is 2.31. The van der Waals surface area contributed by atoms with Crippen LogP contribution in [0.25, 0.3) is 11.1 Å². The number of anilines is 1. The number of rotatable bonds is 4. The summed E-state index contributed by atoms with van der Waals surface area (Å²) in [4.78, 5) is 25.1. The van der Waals surface area contributed by atoms with Crippen LogP contribution in [0, 0.1) is 24.0 Å².